The smallest absolute Gasteiger partial charge is 0.218 e. The molecule has 1 aromatic rings. The SMILES string of the molecule is CCCCC(CC)COc1cc(Cl)nc(CC)n1. The maximum absolute atomic E-state index is 5.93. The molecule has 0 N–H and O–H groups in total. The van der Waals surface area contributed by atoms with Crippen LogP contribution in [0.15, 0.2) is 6.07 Å². The Morgan fingerprint density at radius 3 is 2.67 bits per heavy atom. The van der Waals surface area contributed by atoms with Gasteiger partial charge in [-0.2, -0.15) is 4.98 Å². The maximum Gasteiger partial charge on any atom is 0.218 e. The van der Waals surface area contributed by atoms with E-state index in [9.17, 15) is 0 Å². The van der Waals surface area contributed by atoms with Crippen LogP contribution in [0.5, 0.6) is 5.88 Å². The highest BCUT2D eigenvalue weighted by atomic mass is 35.5. The van der Waals surface area contributed by atoms with E-state index in [1.807, 2.05) is 6.92 Å². The molecule has 102 valence electrons. The molecular weight excluding hydrogens is 248 g/mol. The third-order valence-electron chi connectivity index (χ3n) is 3.04. The standard InChI is InChI=1S/C14H23ClN2O/c1-4-7-8-11(5-2)10-18-14-9-12(15)16-13(6-3)17-14/h9,11H,4-8,10H2,1-3H3. The Bertz CT molecular complexity index is 358. The Hall–Kier alpha value is -0.830. The first-order valence-electron chi connectivity index (χ1n) is 6.85. The Morgan fingerprint density at radius 2 is 2.06 bits per heavy atom. The van der Waals surface area contributed by atoms with Crippen LogP contribution in [-0.4, -0.2) is 16.6 Å². The number of hydrogen-bond donors (Lipinski definition) is 0. The molecule has 1 rings (SSSR count). The summed E-state index contributed by atoms with van der Waals surface area (Å²) in [7, 11) is 0. The summed E-state index contributed by atoms with van der Waals surface area (Å²) >= 11 is 5.93. The minimum atomic E-state index is 0.457. The number of ether oxygens (including phenoxy) is 1. The zero-order valence-electron chi connectivity index (χ0n) is 11.6. The van der Waals surface area contributed by atoms with Gasteiger partial charge < -0.3 is 4.74 Å². The largest absolute Gasteiger partial charge is 0.477 e. The molecule has 4 heteroatoms. The van der Waals surface area contributed by atoms with Gasteiger partial charge >= 0.3 is 0 Å². The minimum Gasteiger partial charge on any atom is -0.477 e. The Labute approximate surface area is 115 Å². The number of nitrogens with zero attached hydrogens (tertiary/aromatic N) is 2. The van der Waals surface area contributed by atoms with Gasteiger partial charge in [0, 0.05) is 12.5 Å². The van der Waals surface area contributed by atoms with Gasteiger partial charge in [0.05, 0.1) is 6.61 Å². The van der Waals surface area contributed by atoms with E-state index in [0.29, 0.717) is 23.6 Å². The molecule has 0 aliphatic rings. The molecular formula is C14H23ClN2O. The van der Waals surface area contributed by atoms with Crippen molar-refractivity contribution in [1.29, 1.82) is 0 Å². The second-order valence-electron chi connectivity index (χ2n) is 4.53. The molecule has 0 aliphatic heterocycles. The number of unbranched alkanes of at least 4 members (excludes halogenated alkanes) is 1. The molecule has 1 heterocycles. The summed E-state index contributed by atoms with van der Waals surface area (Å²) in [5, 5.41) is 0.457. The summed E-state index contributed by atoms with van der Waals surface area (Å²) in [5.41, 5.74) is 0. The van der Waals surface area contributed by atoms with E-state index >= 15 is 0 Å². The van der Waals surface area contributed by atoms with Crippen LogP contribution in [-0.2, 0) is 6.42 Å². The predicted molar refractivity (Wildman–Crippen MR) is 75.2 cm³/mol. The summed E-state index contributed by atoms with van der Waals surface area (Å²) in [4.78, 5) is 8.44. The lowest BCUT2D eigenvalue weighted by molar-refractivity contribution is 0.225. The van der Waals surface area contributed by atoms with E-state index in [0.717, 1.165) is 18.7 Å². The molecule has 1 atom stereocenters. The lowest BCUT2D eigenvalue weighted by atomic mass is 10.0. The Balaban J connectivity index is 2.53. The molecule has 1 aromatic heterocycles. The predicted octanol–water partition coefficient (Wildman–Crippen LogP) is 4.29. The average molecular weight is 271 g/mol. The number of aryl methyl sites for hydroxylation is 1. The topological polar surface area (TPSA) is 35.0 Å². The van der Waals surface area contributed by atoms with Gasteiger partial charge in [0.1, 0.15) is 11.0 Å². The fourth-order valence-electron chi connectivity index (χ4n) is 1.78. The van der Waals surface area contributed by atoms with Crippen LogP contribution in [0.25, 0.3) is 0 Å². The highest BCUT2D eigenvalue weighted by Crippen LogP contribution is 2.17. The lowest BCUT2D eigenvalue weighted by Gasteiger charge is -2.15. The van der Waals surface area contributed by atoms with Crippen molar-refractivity contribution in [3.05, 3.63) is 17.0 Å². The van der Waals surface area contributed by atoms with E-state index in [1.54, 1.807) is 6.07 Å². The molecule has 0 spiro atoms. The summed E-state index contributed by atoms with van der Waals surface area (Å²) < 4.78 is 5.74. The van der Waals surface area contributed by atoms with E-state index < -0.39 is 0 Å². The van der Waals surface area contributed by atoms with Gasteiger partial charge in [0.25, 0.3) is 0 Å². The van der Waals surface area contributed by atoms with Crippen LogP contribution < -0.4 is 4.74 Å². The van der Waals surface area contributed by atoms with Crippen LogP contribution in [0.3, 0.4) is 0 Å². The first-order valence-corrected chi connectivity index (χ1v) is 7.23. The third kappa shape index (κ3) is 5.21. The molecule has 0 fully saturated rings. The van der Waals surface area contributed by atoms with Crippen LogP contribution >= 0.6 is 11.6 Å². The number of halogens is 1. The number of aromatic nitrogens is 2. The van der Waals surface area contributed by atoms with Gasteiger partial charge in [0.2, 0.25) is 5.88 Å². The number of rotatable bonds is 8. The second-order valence-corrected chi connectivity index (χ2v) is 4.91. The van der Waals surface area contributed by atoms with E-state index in [2.05, 4.69) is 23.8 Å². The van der Waals surface area contributed by atoms with Crippen molar-refractivity contribution in [1.82, 2.24) is 9.97 Å². The zero-order chi connectivity index (χ0) is 13.4. The highest BCUT2D eigenvalue weighted by Gasteiger charge is 2.09. The van der Waals surface area contributed by atoms with Gasteiger partial charge in [-0.15, -0.1) is 0 Å². The fraction of sp³-hybridized carbons (Fsp3) is 0.714. The van der Waals surface area contributed by atoms with Gasteiger partial charge in [-0.3, -0.25) is 0 Å². The second kappa shape index (κ2) is 8.30. The quantitative estimate of drug-likeness (QED) is 0.661. The molecule has 0 saturated heterocycles. The van der Waals surface area contributed by atoms with Gasteiger partial charge in [0.15, 0.2) is 0 Å². The monoisotopic (exact) mass is 270 g/mol. The number of hydrogen-bond acceptors (Lipinski definition) is 3. The van der Waals surface area contributed by atoms with Crippen molar-refractivity contribution in [2.45, 2.75) is 52.9 Å². The van der Waals surface area contributed by atoms with Crippen molar-refractivity contribution in [3.63, 3.8) is 0 Å². The molecule has 0 bridgehead atoms. The summed E-state index contributed by atoms with van der Waals surface area (Å²) in [5.74, 6) is 1.93. The molecule has 0 aromatic carbocycles. The average Bonchev–Trinajstić information content (AvgIpc) is 2.38. The van der Waals surface area contributed by atoms with Crippen molar-refractivity contribution in [2.24, 2.45) is 5.92 Å². The molecule has 1 unspecified atom stereocenters. The van der Waals surface area contributed by atoms with Crippen molar-refractivity contribution >= 4 is 11.6 Å². The van der Waals surface area contributed by atoms with Crippen molar-refractivity contribution in [3.8, 4) is 5.88 Å². The van der Waals surface area contributed by atoms with E-state index in [1.165, 1.54) is 19.3 Å². The fourth-order valence-corrected chi connectivity index (χ4v) is 1.97. The van der Waals surface area contributed by atoms with Crippen LogP contribution in [0.4, 0.5) is 0 Å². The third-order valence-corrected chi connectivity index (χ3v) is 3.24. The maximum atomic E-state index is 5.93. The van der Waals surface area contributed by atoms with E-state index in [4.69, 9.17) is 16.3 Å². The van der Waals surface area contributed by atoms with Crippen LogP contribution in [0, 0.1) is 5.92 Å². The Morgan fingerprint density at radius 1 is 1.28 bits per heavy atom. The minimum absolute atomic E-state index is 0.457. The Kier molecular flexibility index (Phi) is 7.02. The zero-order valence-corrected chi connectivity index (χ0v) is 12.3. The molecule has 0 saturated carbocycles. The summed E-state index contributed by atoms with van der Waals surface area (Å²) in [6.07, 6.45) is 5.61. The first kappa shape index (κ1) is 15.2. The van der Waals surface area contributed by atoms with Crippen molar-refractivity contribution in [2.75, 3.05) is 6.61 Å². The normalized spacial score (nSPS) is 12.4. The van der Waals surface area contributed by atoms with Gasteiger partial charge in [-0.25, -0.2) is 4.98 Å². The molecule has 0 aliphatic carbocycles. The molecule has 0 radical (unpaired) electrons. The van der Waals surface area contributed by atoms with Gasteiger partial charge in [-0.05, 0) is 12.3 Å². The van der Waals surface area contributed by atoms with E-state index in [-0.39, 0.29) is 0 Å². The van der Waals surface area contributed by atoms with Gasteiger partial charge in [-0.1, -0.05) is 51.6 Å². The van der Waals surface area contributed by atoms with Crippen LogP contribution in [0.1, 0.15) is 52.3 Å². The summed E-state index contributed by atoms with van der Waals surface area (Å²) in [6.45, 7) is 7.14. The molecule has 3 nitrogen and oxygen atoms in total. The van der Waals surface area contributed by atoms with Crippen LogP contribution in [0.2, 0.25) is 5.15 Å². The molecule has 0 amide bonds. The lowest BCUT2D eigenvalue weighted by Crippen LogP contribution is -2.12. The summed E-state index contributed by atoms with van der Waals surface area (Å²) in [6, 6.07) is 1.69. The van der Waals surface area contributed by atoms with Crippen molar-refractivity contribution < 1.29 is 4.74 Å². The molecule has 18 heavy (non-hydrogen) atoms. The first-order chi connectivity index (χ1) is 8.69. The highest BCUT2D eigenvalue weighted by molar-refractivity contribution is 6.29.